The van der Waals surface area contributed by atoms with Crippen molar-refractivity contribution in [1.29, 1.82) is 0 Å². The van der Waals surface area contributed by atoms with E-state index in [1.54, 1.807) is 6.92 Å². The molecule has 1 amide bonds. The maximum Gasteiger partial charge on any atom is 0.325 e. The number of nitrogens with one attached hydrogen (secondary N) is 2. The standard InChI is InChI=1S/C10H18N2O3/c1-3-15-9(13)6-12-10(14)8-5-11-4-7(8)2/h7-8,11H,3-6H2,1-2H3,(H,12,14)/t7-,8-/m1/s1. The van der Waals surface area contributed by atoms with Gasteiger partial charge in [0.25, 0.3) is 0 Å². The van der Waals surface area contributed by atoms with E-state index >= 15 is 0 Å². The first-order valence-corrected chi connectivity index (χ1v) is 5.29. The van der Waals surface area contributed by atoms with Crippen LogP contribution in [0.4, 0.5) is 0 Å². The maximum atomic E-state index is 11.6. The molecule has 86 valence electrons. The minimum absolute atomic E-state index is 0.0283. The molecule has 0 radical (unpaired) electrons. The van der Waals surface area contributed by atoms with Crippen molar-refractivity contribution in [1.82, 2.24) is 10.6 Å². The summed E-state index contributed by atoms with van der Waals surface area (Å²) >= 11 is 0. The summed E-state index contributed by atoms with van der Waals surface area (Å²) < 4.78 is 4.71. The topological polar surface area (TPSA) is 67.4 Å². The highest BCUT2D eigenvalue weighted by molar-refractivity contribution is 5.84. The van der Waals surface area contributed by atoms with Gasteiger partial charge in [0, 0.05) is 6.54 Å². The third-order valence-electron chi connectivity index (χ3n) is 2.57. The fraction of sp³-hybridized carbons (Fsp3) is 0.800. The summed E-state index contributed by atoms with van der Waals surface area (Å²) in [6, 6.07) is 0. The van der Waals surface area contributed by atoms with E-state index in [2.05, 4.69) is 10.6 Å². The molecule has 1 saturated heterocycles. The van der Waals surface area contributed by atoms with Crippen LogP contribution in [0.2, 0.25) is 0 Å². The van der Waals surface area contributed by atoms with E-state index in [9.17, 15) is 9.59 Å². The Bertz CT molecular complexity index is 243. The lowest BCUT2D eigenvalue weighted by atomic mass is 9.97. The Morgan fingerprint density at radius 1 is 1.47 bits per heavy atom. The van der Waals surface area contributed by atoms with Gasteiger partial charge in [-0.05, 0) is 19.4 Å². The highest BCUT2D eigenvalue weighted by atomic mass is 16.5. The number of ether oxygens (including phenoxy) is 1. The van der Waals surface area contributed by atoms with E-state index < -0.39 is 0 Å². The third kappa shape index (κ3) is 3.51. The Morgan fingerprint density at radius 3 is 2.73 bits per heavy atom. The Balaban J connectivity index is 2.26. The number of amides is 1. The van der Waals surface area contributed by atoms with Gasteiger partial charge in [0.1, 0.15) is 6.54 Å². The second kappa shape index (κ2) is 5.70. The number of rotatable bonds is 4. The Kier molecular flexibility index (Phi) is 4.55. The second-order valence-electron chi connectivity index (χ2n) is 3.76. The molecular formula is C10H18N2O3. The van der Waals surface area contributed by atoms with Crippen molar-refractivity contribution in [2.75, 3.05) is 26.2 Å². The van der Waals surface area contributed by atoms with Crippen molar-refractivity contribution in [2.45, 2.75) is 13.8 Å². The molecule has 0 aliphatic carbocycles. The Hall–Kier alpha value is -1.10. The van der Waals surface area contributed by atoms with Crippen molar-refractivity contribution in [3.05, 3.63) is 0 Å². The average Bonchev–Trinajstić information content (AvgIpc) is 2.61. The normalized spacial score (nSPS) is 24.9. The summed E-state index contributed by atoms with van der Waals surface area (Å²) in [5.74, 6) is -0.156. The van der Waals surface area contributed by atoms with Crippen molar-refractivity contribution in [3.63, 3.8) is 0 Å². The predicted octanol–water partition coefficient (Wildman–Crippen LogP) is -0.479. The number of hydrogen-bond donors (Lipinski definition) is 2. The van der Waals surface area contributed by atoms with Gasteiger partial charge in [-0.2, -0.15) is 0 Å². The number of esters is 1. The lowest BCUT2D eigenvalue weighted by Gasteiger charge is -2.13. The average molecular weight is 214 g/mol. The first-order valence-electron chi connectivity index (χ1n) is 5.29. The van der Waals surface area contributed by atoms with Crippen LogP contribution in [0, 0.1) is 11.8 Å². The van der Waals surface area contributed by atoms with Gasteiger partial charge in [0.15, 0.2) is 0 Å². The summed E-state index contributed by atoms with van der Waals surface area (Å²) in [6.07, 6.45) is 0. The summed E-state index contributed by atoms with van der Waals surface area (Å²) in [5, 5.41) is 5.72. The number of carbonyl (C=O) groups is 2. The van der Waals surface area contributed by atoms with Crippen LogP contribution in [-0.2, 0) is 14.3 Å². The van der Waals surface area contributed by atoms with Gasteiger partial charge in [-0.15, -0.1) is 0 Å². The molecule has 0 aromatic carbocycles. The van der Waals surface area contributed by atoms with Crippen LogP contribution in [0.25, 0.3) is 0 Å². The molecule has 5 heteroatoms. The summed E-state index contributed by atoms with van der Waals surface area (Å²) in [6.45, 7) is 5.62. The minimum Gasteiger partial charge on any atom is -0.465 e. The molecule has 0 spiro atoms. The van der Waals surface area contributed by atoms with E-state index in [0.29, 0.717) is 19.1 Å². The molecule has 0 saturated carbocycles. The molecule has 1 aliphatic rings. The van der Waals surface area contributed by atoms with E-state index in [-0.39, 0.29) is 24.3 Å². The zero-order chi connectivity index (χ0) is 11.3. The molecular weight excluding hydrogens is 196 g/mol. The molecule has 1 fully saturated rings. The molecule has 0 aromatic heterocycles. The van der Waals surface area contributed by atoms with Gasteiger partial charge in [-0.3, -0.25) is 9.59 Å². The SMILES string of the molecule is CCOC(=O)CNC(=O)[C@@H]1CNC[C@H]1C. The van der Waals surface area contributed by atoms with Crippen LogP contribution in [0.3, 0.4) is 0 Å². The molecule has 2 N–H and O–H groups in total. The van der Waals surface area contributed by atoms with Crippen molar-refractivity contribution >= 4 is 11.9 Å². The molecule has 1 heterocycles. The molecule has 15 heavy (non-hydrogen) atoms. The van der Waals surface area contributed by atoms with E-state index in [4.69, 9.17) is 4.74 Å². The molecule has 2 atom stereocenters. The van der Waals surface area contributed by atoms with Crippen molar-refractivity contribution in [2.24, 2.45) is 11.8 Å². The van der Waals surface area contributed by atoms with Crippen LogP contribution >= 0.6 is 0 Å². The Morgan fingerprint density at radius 2 is 2.20 bits per heavy atom. The quantitative estimate of drug-likeness (QED) is 0.620. The predicted molar refractivity (Wildman–Crippen MR) is 55.2 cm³/mol. The molecule has 1 aliphatic heterocycles. The van der Waals surface area contributed by atoms with Gasteiger partial charge in [0.2, 0.25) is 5.91 Å². The van der Waals surface area contributed by atoms with E-state index in [0.717, 1.165) is 6.54 Å². The van der Waals surface area contributed by atoms with Crippen LogP contribution in [0.5, 0.6) is 0 Å². The second-order valence-corrected chi connectivity index (χ2v) is 3.76. The summed E-state index contributed by atoms with van der Waals surface area (Å²) in [7, 11) is 0. The van der Waals surface area contributed by atoms with Crippen LogP contribution in [0.15, 0.2) is 0 Å². The fourth-order valence-corrected chi connectivity index (χ4v) is 1.66. The molecule has 0 aromatic rings. The van der Waals surface area contributed by atoms with Gasteiger partial charge in [0.05, 0.1) is 12.5 Å². The van der Waals surface area contributed by atoms with Crippen LogP contribution in [0.1, 0.15) is 13.8 Å². The summed E-state index contributed by atoms with van der Waals surface area (Å²) in [4.78, 5) is 22.6. The van der Waals surface area contributed by atoms with Crippen LogP contribution in [-0.4, -0.2) is 38.1 Å². The lowest BCUT2D eigenvalue weighted by molar-refractivity contribution is -0.143. The van der Waals surface area contributed by atoms with Crippen LogP contribution < -0.4 is 10.6 Å². The lowest BCUT2D eigenvalue weighted by Crippen LogP contribution is -2.37. The number of carbonyl (C=O) groups excluding carboxylic acids is 2. The minimum atomic E-state index is -0.385. The largest absolute Gasteiger partial charge is 0.465 e. The van der Waals surface area contributed by atoms with Crippen molar-refractivity contribution < 1.29 is 14.3 Å². The first kappa shape index (κ1) is 12.0. The molecule has 1 rings (SSSR count). The summed E-state index contributed by atoms with van der Waals surface area (Å²) in [5.41, 5.74) is 0. The van der Waals surface area contributed by atoms with Gasteiger partial charge in [-0.25, -0.2) is 0 Å². The molecule has 0 bridgehead atoms. The zero-order valence-electron chi connectivity index (χ0n) is 9.21. The van der Waals surface area contributed by atoms with Crippen molar-refractivity contribution in [3.8, 4) is 0 Å². The zero-order valence-corrected chi connectivity index (χ0v) is 9.21. The Labute approximate surface area is 89.6 Å². The fourth-order valence-electron chi connectivity index (χ4n) is 1.66. The molecule has 5 nitrogen and oxygen atoms in total. The first-order chi connectivity index (χ1) is 7.15. The van der Waals surface area contributed by atoms with E-state index in [1.807, 2.05) is 6.92 Å². The molecule has 0 unspecified atom stereocenters. The van der Waals surface area contributed by atoms with Gasteiger partial charge >= 0.3 is 5.97 Å². The van der Waals surface area contributed by atoms with Gasteiger partial charge in [-0.1, -0.05) is 6.92 Å². The smallest absolute Gasteiger partial charge is 0.325 e. The van der Waals surface area contributed by atoms with E-state index in [1.165, 1.54) is 0 Å². The third-order valence-corrected chi connectivity index (χ3v) is 2.57. The monoisotopic (exact) mass is 214 g/mol. The van der Waals surface area contributed by atoms with Gasteiger partial charge < -0.3 is 15.4 Å². The maximum absolute atomic E-state index is 11.6. The highest BCUT2D eigenvalue weighted by Crippen LogP contribution is 2.15. The highest BCUT2D eigenvalue weighted by Gasteiger charge is 2.29. The number of hydrogen-bond acceptors (Lipinski definition) is 4.